The average Bonchev–Trinajstić information content (AvgIpc) is 2.85. The highest BCUT2D eigenvalue weighted by Crippen LogP contribution is 2.13. The summed E-state index contributed by atoms with van der Waals surface area (Å²) < 4.78 is 3.23. The molecular formula is C27H25N5O2. The Morgan fingerprint density at radius 3 is 2.68 bits per heavy atom. The Kier molecular flexibility index (Phi) is 6.79. The smallest absolute Gasteiger partial charge is 0.271 e. The predicted molar refractivity (Wildman–Crippen MR) is 132 cm³/mol. The number of nitriles is 1. The highest BCUT2D eigenvalue weighted by atomic mass is 16.1. The Labute approximate surface area is 197 Å². The number of hydrogen-bond acceptors (Lipinski definition) is 4. The normalized spacial score (nSPS) is 12.0. The van der Waals surface area contributed by atoms with E-state index >= 15 is 0 Å². The molecule has 1 amide bonds. The molecule has 0 unspecified atom stereocenters. The highest BCUT2D eigenvalue weighted by Gasteiger charge is 2.15. The van der Waals surface area contributed by atoms with Gasteiger partial charge in [-0.25, -0.2) is 4.98 Å². The summed E-state index contributed by atoms with van der Waals surface area (Å²) in [5, 5.41) is 10.2. The first-order valence-electron chi connectivity index (χ1n) is 11.3. The molecule has 0 saturated heterocycles. The Bertz CT molecular complexity index is 1570. The van der Waals surface area contributed by atoms with E-state index in [9.17, 15) is 14.9 Å². The summed E-state index contributed by atoms with van der Waals surface area (Å²) in [7, 11) is 0. The molecule has 170 valence electrons. The SMILES string of the molecule is CCCCCn1c(=NC(=O)/C=C/c2ccccc2)c(C#N)cc2c(=O)n3cccc(C)c3nc21. The van der Waals surface area contributed by atoms with Crippen molar-refractivity contribution >= 4 is 28.7 Å². The van der Waals surface area contributed by atoms with Crippen LogP contribution in [0.15, 0.2) is 70.6 Å². The monoisotopic (exact) mass is 451 g/mol. The van der Waals surface area contributed by atoms with Gasteiger partial charge in [-0.15, -0.1) is 0 Å². The van der Waals surface area contributed by atoms with Gasteiger partial charge in [0.15, 0.2) is 5.49 Å². The lowest BCUT2D eigenvalue weighted by molar-refractivity contribution is -0.113. The largest absolute Gasteiger partial charge is 0.309 e. The molecule has 0 N–H and O–H groups in total. The summed E-state index contributed by atoms with van der Waals surface area (Å²) in [4.78, 5) is 35.1. The van der Waals surface area contributed by atoms with Crippen molar-refractivity contribution in [3.63, 3.8) is 0 Å². The fourth-order valence-electron chi connectivity index (χ4n) is 3.89. The Balaban J connectivity index is 1.97. The van der Waals surface area contributed by atoms with Crippen molar-refractivity contribution in [3.05, 3.63) is 93.3 Å². The van der Waals surface area contributed by atoms with Crippen LogP contribution in [0.5, 0.6) is 0 Å². The quantitative estimate of drug-likeness (QED) is 0.250. The summed E-state index contributed by atoms with van der Waals surface area (Å²) >= 11 is 0. The molecule has 0 saturated carbocycles. The van der Waals surface area contributed by atoms with Crippen LogP contribution in [-0.2, 0) is 11.3 Å². The van der Waals surface area contributed by atoms with Crippen LogP contribution in [0.2, 0.25) is 0 Å². The number of aromatic nitrogens is 3. The standard InChI is InChI=1S/C27H25N5O2/c1-3-4-8-15-31-25(29-23(33)14-13-20-11-6-5-7-12-20)21(18-28)17-22-26(31)30-24-19(2)10-9-16-32(24)27(22)34/h5-7,9-14,16-17H,3-4,8,15H2,1-2H3/b14-13+,29-25?. The van der Waals surface area contributed by atoms with Crippen LogP contribution in [0.25, 0.3) is 22.8 Å². The molecule has 0 radical (unpaired) electrons. The van der Waals surface area contributed by atoms with E-state index in [2.05, 4.69) is 18.0 Å². The number of nitrogens with zero attached hydrogens (tertiary/aromatic N) is 5. The molecule has 0 spiro atoms. The van der Waals surface area contributed by atoms with Crippen LogP contribution >= 0.6 is 0 Å². The molecule has 0 fully saturated rings. The van der Waals surface area contributed by atoms with Crippen molar-refractivity contribution < 1.29 is 4.79 Å². The van der Waals surface area contributed by atoms with Crippen molar-refractivity contribution in [1.82, 2.24) is 14.0 Å². The zero-order chi connectivity index (χ0) is 24.1. The molecule has 7 nitrogen and oxygen atoms in total. The van der Waals surface area contributed by atoms with Gasteiger partial charge in [0.1, 0.15) is 17.4 Å². The molecule has 1 aromatic carbocycles. The molecule has 3 heterocycles. The molecule has 0 atom stereocenters. The minimum Gasteiger partial charge on any atom is -0.309 e. The number of unbranched alkanes of at least 4 members (excludes halogenated alkanes) is 2. The van der Waals surface area contributed by atoms with Crippen molar-refractivity contribution in [2.45, 2.75) is 39.7 Å². The van der Waals surface area contributed by atoms with E-state index < -0.39 is 5.91 Å². The Morgan fingerprint density at radius 1 is 1.15 bits per heavy atom. The van der Waals surface area contributed by atoms with E-state index in [0.29, 0.717) is 23.2 Å². The van der Waals surface area contributed by atoms with Gasteiger partial charge in [0.25, 0.3) is 11.5 Å². The van der Waals surface area contributed by atoms with Gasteiger partial charge in [-0.3, -0.25) is 14.0 Å². The molecule has 0 bridgehead atoms. The fourth-order valence-corrected chi connectivity index (χ4v) is 3.89. The maximum absolute atomic E-state index is 13.3. The van der Waals surface area contributed by atoms with Gasteiger partial charge < -0.3 is 4.57 Å². The predicted octanol–water partition coefficient (Wildman–Crippen LogP) is 4.16. The summed E-state index contributed by atoms with van der Waals surface area (Å²) in [5.41, 5.74) is 2.81. The third-order valence-electron chi connectivity index (χ3n) is 5.64. The first-order valence-corrected chi connectivity index (χ1v) is 11.3. The molecule has 4 rings (SSSR count). The number of carbonyl (C=O) groups is 1. The van der Waals surface area contributed by atoms with Gasteiger partial charge in [0.05, 0.1) is 10.9 Å². The lowest BCUT2D eigenvalue weighted by Gasteiger charge is -2.14. The van der Waals surface area contributed by atoms with E-state index in [0.717, 1.165) is 30.4 Å². The Hall–Kier alpha value is -4.31. The lowest BCUT2D eigenvalue weighted by atomic mass is 10.2. The number of amides is 1. The number of fused-ring (bicyclic) bond motifs is 2. The summed E-state index contributed by atoms with van der Waals surface area (Å²) in [6.07, 6.45) is 7.49. The molecule has 7 heteroatoms. The molecule has 4 aromatic rings. The van der Waals surface area contributed by atoms with Gasteiger partial charge in [0, 0.05) is 18.8 Å². The second-order valence-electron chi connectivity index (χ2n) is 8.09. The van der Waals surface area contributed by atoms with Gasteiger partial charge >= 0.3 is 0 Å². The van der Waals surface area contributed by atoms with E-state index in [1.165, 1.54) is 16.5 Å². The van der Waals surface area contributed by atoms with Crippen molar-refractivity contribution in [3.8, 4) is 6.07 Å². The molecule has 0 aliphatic carbocycles. The maximum atomic E-state index is 13.3. The highest BCUT2D eigenvalue weighted by molar-refractivity contribution is 5.92. The number of aryl methyl sites for hydroxylation is 2. The van der Waals surface area contributed by atoms with Gasteiger partial charge in [-0.05, 0) is 42.7 Å². The number of rotatable bonds is 6. The third-order valence-corrected chi connectivity index (χ3v) is 5.64. The maximum Gasteiger partial charge on any atom is 0.271 e. The van der Waals surface area contributed by atoms with Crippen LogP contribution < -0.4 is 11.0 Å². The average molecular weight is 452 g/mol. The fraction of sp³-hybridized carbons (Fsp3) is 0.222. The Morgan fingerprint density at radius 2 is 1.94 bits per heavy atom. The zero-order valence-electron chi connectivity index (χ0n) is 19.2. The number of pyridine rings is 2. The van der Waals surface area contributed by atoms with Gasteiger partial charge in [-0.1, -0.05) is 56.2 Å². The molecule has 3 aromatic heterocycles. The van der Waals surface area contributed by atoms with Crippen molar-refractivity contribution in [2.24, 2.45) is 4.99 Å². The first-order chi connectivity index (χ1) is 16.5. The van der Waals surface area contributed by atoms with E-state index in [-0.39, 0.29) is 16.6 Å². The molecule has 0 aliphatic rings. The first kappa shape index (κ1) is 22.9. The minimum absolute atomic E-state index is 0.164. The molecule has 34 heavy (non-hydrogen) atoms. The van der Waals surface area contributed by atoms with Crippen molar-refractivity contribution in [2.75, 3.05) is 0 Å². The van der Waals surface area contributed by atoms with Crippen molar-refractivity contribution in [1.29, 1.82) is 5.26 Å². The summed E-state index contributed by atoms with van der Waals surface area (Å²) in [6, 6.07) is 16.7. The minimum atomic E-state index is -0.488. The summed E-state index contributed by atoms with van der Waals surface area (Å²) in [5.74, 6) is -0.488. The number of benzene rings is 1. The second-order valence-corrected chi connectivity index (χ2v) is 8.09. The summed E-state index contributed by atoms with van der Waals surface area (Å²) in [6.45, 7) is 4.48. The van der Waals surface area contributed by atoms with Crippen LogP contribution in [-0.4, -0.2) is 19.9 Å². The second kappa shape index (κ2) is 10.1. The van der Waals surface area contributed by atoms with E-state index in [1.807, 2.05) is 43.3 Å². The zero-order valence-corrected chi connectivity index (χ0v) is 19.2. The van der Waals surface area contributed by atoms with E-state index in [1.54, 1.807) is 22.9 Å². The van der Waals surface area contributed by atoms with Gasteiger partial charge in [0.2, 0.25) is 0 Å². The van der Waals surface area contributed by atoms with E-state index in [4.69, 9.17) is 4.98 Å². The number of carbonyl (C=O) groups excluding carboxylic acids is 1. The molecule has 0 aliphatic heterocycles. The van der Waals surface area contributed by atoms with Crippen LogP contribution in [0.4, 0.5) is 0 Å². The lowest BCUT2D eigenvalue weighted by Crippen LogP contribution is -2.29. The number of hydrogen-bond donors (Lipinski definition) is 0. The van der Waals surface area contributed by atoms with Crippen LogP contribution in [0, 0.1) is 18.3 Å². The molecular weight excluding hydrogens is 426 g/mol. The van der Waals surface area contributed by atoms with Crippen LogP contribution in [0.3, 0.4) is 0 Å². The van der Waals surface area contributed by atoms with Gasteiger partial charge in [-0.2, -0.15) is 10.3 Å². The topological polar surface area (TPSA) is 92.5 Å². The van der Waals surface area contributed by atoms with Crippen LogP contribution in [0.1, 0.15) is 42.9 Å². The third kappa shape index (κ3) is 4.57.